The van der Waals surface area contributed by atoms with Crippen LogP contribution in [-0.2, 0) is 20.3 Å². The van der Waals surface area contributed by atoms with Crippen LogP contribution < -0.4 is 5.32 Å². The Hall–Kier alpha value is -3.10. The van der Waals surface area contributed by atoms with Crippen LogP contribution in [0.5, 0.6) is 0 Å². The van der Waals surface area contributed by atoms with Crippen LogP contribution in [0.1, 0.15) is 26.7 Å². The second kappa shape index (κ2) is 8.50. The van der Waals surface area contributed by atoms with Crippen molar-refractivity contribution in [2.24, 2.45) is 0 Å². The molecule has 0 unspecified atom stereocenters. The maximum atomic E-state index is 12.4. The number of halogens is 1. The second-order valence-electron chi connectivity index (χ2n) is 5.98. The molecule has 1 N–H and O–H groups in total. The maximum Gasteiger partial charge on any atom is 0.339 e. The molecular formula is C20H16ClNO6S. The third kappa shape index (κ3) is 4.85. The van der Waals surface area contributed by atoms with E-state index in [1.807, 2.05) is 0 Å². The lowest BCUT2D eigenvalue weighted by Crippen LogP contribution is -2.12. The van der Waals surface area contributed by atoms with Gasteiger partial charge in [-0.25, -0.2) is 13.2 Å². The number of hydrogen-bond acceptors (Lipinski definition) is 6. The van der Waals surface area contributed by atoms with Crippen molar-refractivity contribution in [1.29, 1.82) is 0 Å². The van der Waals surface area contributed by atoms with Crippen molar-refractivity contribution in [3.63, 3.8) is 0 Å². The molecule has 0 bridgehead atoms. The molecule has 2 aromatic carbocycles. The Balaban J connectivity index is 1.74. The Morgan fingerprint density at radius 3 is 2.48 bits per heavy atom. The summed E-state index contributed by atoms with van der Waals surface area (Å²) in [6.45, 7) is 0. The molecule has 1 amide bonds. The third-order valence-corrected chi connectivity index (χ3v) is 5.93. The quantitative estimate of drug-likeness (QED) is 0.590. The van der Waals surface area contributed by atoms with Gasteiger partial charge in [0.1, 0.15) is 11.5 Å². The molecule has 1 aromatic heterocycles. The number of nitrogens with one attached hydrogen (secondary N) is 1. The number of amides is 1. The van der Waals surface area contributed by atoms with Crippen molar-refractivity contribution in [3.8, 4) is 0 Å². The van der Waals surface area contributed by atoms with E-state index in [0.29, 0.717) is 5.69 Å². The zero-order valence-corrected chi connectivity index (χ0v) is 16.8. The Bertz CT molecular complexity index is 1150. The topological polar surface area (TPSA) is 103 Å². The summed E-state index contributed by atoms with van der Waals surface area (Å²) in [5.74, 6) is -1.57. The van der Waals surface area contributed by atoms with Gasteiger partial charge >= 0.3 is 5.97 Å². The van der Waals surface area contributed by atoms with Crippen LogP contribution in [0.15, 0.2) is 70.0 Å². The summed E-state index contributed by atoms with van der Waals surface area (Å²) in [6, 6.07) is 15.1. The van der Waals surface area contributed by atoms with E-state index in [0.717, 1.165) is 0 Å². The second-order valence-corrected chi connectivity index (χ2v) is 8.38. The highest BCUT2D eigenvalue weighted by molar-refractivity contribution is 7.90. The molecule has 0 saturated carbocycles. The standard InChI is InChI=1S/C20H16ClNO6S/c1-27-20(24)16-11-13(7-9-17(16)21)22-19(23)18-10-8-14(28-18)12-29(25,26)15-5-3-2-4-6-15/h2-11H,12H2,1H3,(H,22,23). The third-order valence-electron chi connectivity index (χ3n) is 3.95. The van der Waals surface area contributed by atoms with E-state index in [1.165, 1.54) is 49.6 Å². The summed E-state index contributed by atoms with van der Waals surface area (Å²) in [5, 5.41) is 2.75. The molecule has 0 radical (unpaired) electrons. The van der Waals surface area contributed by atoms with Crippen LogP contribution in [0.3, 0.4) is 0 Å². The van der Waals surface area contributed by atoms with Crippen LogP contribution in [0.4, 0.5) is 5.69 Å². The van der Waals surface area contributed by atoms with Crippen molar-refractivity contribution < 1.29 is 27.2 Å². The van der Waals surface area contributed by atoms with Gasteiger partial charge in [0.2, 0.25) is 0 Å². The molecule has 9 heteroatoms. The first-order valence-corrected chi connectivity index (χ1v) is 10.4. The first-order chi connectivity index (χ1) is 13.8. The number of carbonyl (C=O) groups excluding carboxylic acids is 2. The predicted octanol–water partition coefficient (Wildman–Crippen LogP) is 3.95. The lowest BCUT2D eigenvalue weighted by atomic mass is 10.2. The minimum Gasteiger partial charge on any atom is -0.465 e. The van der Waals surface area contributed by atoms with Crippen molar-refractivity contribution >= 4 is 39.0 Å². The fraction of sp³-hybridized carbons (Fsp3) is 0.100. The molecule has 0 aliphatic heterocycles. The zero-order valence-electron chi connectivity index (χ0n) is 15.2. The molecule has 29 heavy (non-hydrogen) atoms. The first-order valence-electron chi connectivity index (χ1n) is 8.36. The number of hydrogen-bond donors (Lipinski definition) is 1. The zero-order chi connectivity index (χ0) is 21.0. The number of anilines is 1. The van der Waals surface area contributed by atoms with Crippen LogP contribution in [0, 0.1) is 0 Å². The van der Waals surface area contributed by atoms with Crippen molar-refractivity contribution in [2.75, 3.05) is 12.4 Å². The van der Waals surface area contributed by atoms with E-state index in [9.17, 15) is 18.0 Å². The molecule has 3 aromatic rings. The highest BCUT2D eigenvalue weighted by Gasteiger charge is 2.20. The molecule has 0 fully saturated rings. The summed E-state index contributed by atoms with van der Waals surface area (Å²) >= 11 is 5.95. The lowest BCUT2D eigenvalue weighted by molar-refractivity contribution is 0.0600. The summed E-state index contributed by atoms with van der Waals surface area (Å²) in [5.41, 5.74) is 0.399. The summed E-state index contributed by atoms with van der Waals surface area (Å²) in [7, 11) is -2.38. The molecule has 7 nitrogen and oxygen atoms in total. The first kappa shape index (κ1) is 20.6. The number of esters is 1. The van der Waals surface area contributed by atoms with Gasteiger partial charge in [0.15, 0.2) is 15.6 Å². The number of ether oxygens (including phenoxy) is 1. The number of rotatable bonds is 6. The van der Waals surface area contributed by atoms with Crippen LogP contribution >= 0.6 is 11.6 Å². The minimum atomic E-state index is -3.60. The number of methoxy groups -OCH3 is 1. The minimum absolute atomic E-state index is 0.0715. The maximum absolute atomic E-state index is 12.4. The number of furan rings is 1. The fourth-order valence-electron chi connectivity index (χ4n) is 2.54. The van der Waals surface area contributed by atoms with E-state index in [4.69, 9.17) is 16.0 Å². The molecule has 0 atom stereocenters. The number of sulfone groups is 1. The van der Waals surface area contributed by atoms with E-state index in [2.05, 4.69) is 10.1 Å². The molecule has 3 rings (SSSR count). The van der Waals surface area contributed by atoms with Crippen molar-refractivity contribution in [2.45, 2.75) is 10.6 Å². The van der Waals surface area contributed by atoms with Crippen LogP contribution in [-0.4, -0.2) is 27.4 Å². The average Bonchev–Trinajstić information content (AvgIpc) is 3.17. The van der Waals surface area contributed by atoms with Gasteiger partial charge in [-0.2, -0.15) is 0 Å². The molecule has 0 spiro atoms. The van der Waals surface area contributed by atoms with Gasteiger partial charge < -0.3 is 14.5 Å². The highest BCUT2D eigenvalue weighted by atomic mass is 35.5. The number of carbonyl (C=O) groups is 2. The Labute approximate surface area is 172 Å². The monoisotopic (exact) mass is 433 g/mol. The van der Waals surface area contributed by atoms with Gasteiger partial charge in [-0.1, -0.05) is 29.8 Å². The molecule has 150 valence electrons. The lowest BCUT2D eigenvalue weighted by Gasteiger charge is -2.07. The van der Waals surface area contributed by atoms with Crippen molar-refractivity contribution in [1.82, 2.24) is 0 Å². The van der Waals surface area contributed by atoms with Gasteiger partial charge in [0.05, 0.1) is 22.6 Å². The summed E-state index contributed by atoms with van der Waals surface area (Å²) in [6.07, 6.45) is 0. The van der Waals surface area contributed by atoms with E-state index in [-0.39, 0.29) is 32.8 Å². The molecule has 0 aliphatic carbocycles. The molecular weight excluding hydrogens is 418 g/mol. The molecule has 1 heterocycles. The summed E-state index contributed by atoms with van der Waals surface area (Å²) in [4.78, 5) is 24.3. The Morgan fingerprint density at radius 1 is 1.07 bits per heavy atom. The largest absolute Gasteiger partial charge is 0.465 e. The van der Waals surface area contributed by atoms with Crippen LogP contribution in [0.25, 0.3) is 0 Å². The molecule has 0 aliphatic rings. The van der Waals surface area contributed by atoms with Crippen molar-refractivity contribution in [3.05, 3.63) is 82.8 Å². The smallest absolute Gasteiger partial charge is 0.339 e. The number of benzene rings is 2. The van der Waals surface area contributed by atoms with Crippen LogP contribution in [0.2, 0.25) is 5.02 Å². The highest BCUT2D eigenvalue weighted by Crippen LogP contribution is 2.23. The van der Waals surface area contributed by atoms with Gasteiger partial charge in [-0.05, 0) is 42.5 Å². The Kier molecular flexibility index (Phi) is 6.05. The summed E-state index contributed by atoms with van der Waals surface area (Å²) < 4.78 is 34.9. The van der Waals surface area contributed by atoms with Gasteiger partial charge in [0.25, 0.3) is 5.91 Å². The van der Waals surface area contributed by atoms with Gasteiger partial charge in [0, 0.05) is 5.69 Å². The predicted molar refractivity (Wildman–Crippen MR) is 107 cm³/mol. The normalized spacial score (nSPS) is 11.1. The molecule has 0 saturated heterocycles. The van der Waals surface area contributed by atoms with E-state index >= 15 is 0 Å². The van der Waals surface area contributed by atoms with Gasteiger partial charge in [-0.3, -0.25) is 4.79 Å². The average molecular weight is 434 g/mol. The van der Waals surface area contributed by atoms with Gasteiger partial charge in [-0.15, -0.1) is 0 Å². The van der Waals surface area contributed by atoms with E-state index < -0.39 is 21.7 Å². The SMILES string of the molecule is COC(=O)c1cc(NC(=O)c2ccc(CS(=O)(=O)c3ccccc3)o2)ccc1Cl. The van der Waals surface area contributed by atoms with E-state index in [1.54, 1.807) is 18.2 Å². The Morgan fingerprint density at radius 2 is 1.79 bits per heavy atom. The fourth-order valence-corrected chi connectivity index (χ4v) is 4.00.